The molecule has 2 aliphatic heterocycles. The third kappa shape index (κ3) is 2.79. The Morgan fingerprint density at radius 2 is 1.51 bits per heavy atom. The summed E-state index contributed by atoms with van der Waals surface area (Å²) in [6, 6.07) is 7.84. The molecule has 0 saturated carbocycles. The quantitative estimate of drug-likeness (QED) is 0.221. The Balaban J connectivity index is 1.74. The summed E-state index contributed by atoms with van der Waals surface area (Å²) in [6.07, 6.45) is -6.80. The number of fused-ring (bicyclic) bond motifs is 10. The smallest absolute Gasteiger partial charge is 0.259 e. The molecule has 4 heterocycles. The fraction of sp³-hybridized carbons (Fsp3) is 0.231. The number of imide groups is 1. The van der Waals surface area contributed by atoms with Gasteiger partial charge in [0.05, 0.1) is 33.8 Å². The van der Waals surface area contributed by atoms with Crippen molar-refractivity contribution in [2.75, 3.05) is 0 Å². The standard InChI is InChI=1S/C26H19F2N3O6/c1-8-21(32)22(33)23(34)26(37-8)31-14-7-10(28)3-5-12(14)16-18-17(24(35)30-25(18)36)15-11-4-2-9(27)6-13(11)29-19(15)20(16)31/h2-8,21-23,26,29,32-34H,1H3,(H,30,35,36)/t8?,21?,22?,23?,26-/m1/s1. The lowest BCUT2D eigenvalue weighted by Gasteiger charge is -2.40. The van der Waals surface area contributed by atoms with Gasteiger partial charge in [-0.15, -0.1) is 0 Å². The van der Waals surface area contributed by atoms with Crippen LogP contribution in [0.4, 0.5) is 8.78 Å². The molecule has 2 aliphatic rings. The molecular formula is C26H19F2N3O6. The van der Waals surface area contributed by atoms with Gasteiger partial charge < -0.3 is 29.6 Å². The maximum atomic E-state index is 14.6. The van der Waals surface area contributed by atoms with E-state index in [4.69, 9.17) is 4.74 Å². The Morgan fingerprint density at radius 3 is 2.24 bits per heavy atom. The molecule has 5 aromatic rings. The van der Waals surface area contributed by atoms with Gasteiger partial charge in [-0.05, 0) is 43.3 Å². The first-order valence-corrected chi connectivity index (χ1v) is 11.6. The van der Waals surface area contributed by atoms with Crippen molar-refractivity contribution in [2.45, 2.75) is 37.6 Å². The minimum absolute atomic E-state index is 0.0621. The van der Waals surface area contributed by atoms with Crippen molar-refractivity contribution in [2.24, 2.45) is 0 Å². The maximum Gasteiger partial charge on any atom is 0.259 e. The van der Waals surface area contributed by atoms with Crippen molar-refractivity contribution in [3.05, 3.63) is 59.2 Å². The summed E-state index contributed by atoms with van der Waals surface area (Å²) in [4.78, 5) is 29.2. The van der Waals surface area contributed by atoms with Gasteiger partial charge in [-0.2, -0.15) is 0 Å². The molecule has 37 heavy (non-hydrogen) atoms. The SMILES string of the molecule is CC1O[C@@H](n2c3cc(F)ccc3c3c4c(c5c6ccc(F)cc6[nH]c5c32)C(=O)NC4=O)C(O)C(O)C1O. The number of nitrogens with zero attached hydrogens (tertiary/aromatic N) is 1. The second-order valence-corrected chi connectivity index (χ2v) is 9.56. The molecule has 4 unspecified atom stereocenters. The van der Waals surface area contributed by atoms with E-state index in [0.29, 0.717) is 32.6 Å². The number of rotatable bonds is 1. The number of aliphatic hydroxyl groups is 3. The Labute approximate surface area is 205 Å². The van der Waals surface area contributed by atoms with Crippen molar-refractivity contribution in [1.82, 2.24) is 14.9 Å². The second kappa shape index (κ2) is 7.33. The van der Waals surface area contributed by atoms with Gasteiger partial charge >= 0.3 is 0 Å². The van der Waals surface area contributed by atoms with E-state index in [1.165, 1.54) is 47.9 Å². The molecule has 0 spiro atoms. The topological polar surface area (TPSA) is 137 Å². The Morgan fingerprint density at radius 1 is 0.865 bits per heavy atom. The summed E-state index contributed by atoms with van der Waals surface area (Å²) in [5, 5.41) is 35.6. The second-order valence-electron chi connectivity index (χ2n) is 9.56. The lowest BCUT2D eigenvalue weighted by Crippen LogP contribution is -2.54. The number of nitrogens with one attached hydrogen (secondary N) is 2. The molecule has 0 aliphatic carbocycles. The highest BCUT2D eigenvalue weighted by Gasteiger charge is 2.45. The van der Waals surface area contributed by atoms with Gasteiger partial charge in [0.2, 0.25) is 0 Å². The minimum atomic E-state index is -1.63. The third-order valence-corrected chi connectivity index (χ3v) is 7.48. The lowest BCUT2D eigenvalue weighted by molar-refractivity contribution is -0.238. The lowest BCUT2D eigenvalue weighted by atomic mass is 9.96. The molecule has 11 heteroatoms. The van der Waals surface area contributed by atoms with E-state index in [1.54, 1.807) is 0 Å². The molecule has 3 aromatic carbocycles. The van der Waals surface area contributed by atoms with Crippen LogP contribution in [0.3, 0.4) is 0 Å². The highest BCUT2D eigenvalue weighted by molar-refractivity contribution is 6.39. The first-order valence-electron chi connectivity index (χ1n) is 11.6. The number of carbonyl (C=O) groups is 2. The number of H-pyrrole nitrogens is 1. The number of aliphatic hydroxyl groups excluding tert-OH is 3. The number of aromatic nitrogens is 2. The average Bonchev–Trinajstić information content (AvgIpc) is 3.48. The molecule has 7 rings (SSSR count). The fourth-order valence-electron chi connectivity index (χ4n) is 5.83. The van der Waals surface area contributed by atoms with Gasteiger partial charge in [0.15, 0.2) is 6.23 Å². The summed E-state index contributed by atoms with van der Waals surface area (Å²) in [6.45, 7) is 1.52. The molecule has 188 valence electrons. The van der Waals surface area contributed by atoms with E-state index < -0.39 is 54.1 Å². The molecular weight excluding hydrogens is 488 g/mol. The van der Waals surface area contributed by atoms with E-state index >= 15 is 0 Å². The summed E-state index contributed by atoms with van der Waals surface area (Å²) in [5.74, 6) is -2.41. The zero-order valence-electron chi connectivity index (χ0n) is 19.1. The molecule has 2 amide bonds. The predicted octanol–water partition coefficient (Wildman–Crippen LogP) is 2.59. The number of carbonyl (C=O) groups excluding carboxylic acids is 2. The van der Waals surface area contributed by atoms with Crippen LogP contribution in [0.1, 0.15) is 33.9 Å². The number of ether oxygens (including phenoxy) is 1. The van der Waals surface area contributed by atoms with Gasteiger partial charge in [0.1, 0.15) is 29.9 Å². The Kier molecular flexibility index (Phi) is 4.42. The molecule has 0 radical (unpaired) electrons. The van der Waals surface area contributed by atoms with Crippen LogP contribution in [-0.2, 0) is 4.74 Å². The van der Waals surface area contributed by atoms with E-state index in [-0.39, 0.29) is 22.2 Å². The first-order chi connectivity index (χ1) is 17.7. The van der Waals surface area contributed by atoms with Crippen molar-refractivity contribution < 1.29 is 38.4 Å². The average molecular weight is 507 g/mol. The van der Waals surface area contributed by atoms with Crippen LogP contribution in [0, 0.1) is 11.6 Å². The van der Waals surface area contributed by atoms with Gasteiger partial charge in [-0.3, -0.25) is 14.9 Å². The van der Waals surface area contributed by atoms with Crippen LogP contribution in [-0.4, -0.2) is 61.1 Å². The van der Waals surface area contributed by atoms with Crippen LogP contribution < -0.4 is 5.32 Å². The Bertz CT molecular complexity index is 1840. The number of hydrogen-bond donors (Lipinski definition) is 5. The summed E-state index contributed by atoms with van der Waals surface area (Å²) < 4.78 is 36.1. The highest BCUT2D eigenvalue weighted by atomic mass is 19.1. The zero-order chi connectivity index (χ0) is 25.9. The number of amides is 2. The molecule has 1 fully saturated rings. The zero-order valence-corrected chi connectivity index (χ0v) is 19.1. The predicted molar refractivity (Wildman–Crippen MR) is 128 cm³/mol. The molecule has 1 saturated heterocycles. The number of hydrogen-bond acceptors (Lipinski definition) is 6. The molecule has 5 N–H and O–H groups in total. The maximum absolute atomic E-state index is 14.6. The number of benzene rings is 3. The van der Waals surface area contributed by atoms with Crippen LogP contribution in [0.5, 0.6) is 0 Å². The minimum Gasteiger partial charge on any atom is -0.388 e. The van der Waals surface area contributed by atoms with Gasteiger partial charge in [-0.25, -0.2) is 8.78 Å². The van der Waals surface area contributed by atoms with Crippen LogP contribution in [0.15, 0.2) is 36.4 Å². The van der Waals surface area contributed by atoms with E-state index in [1.807, 2.05) is 0 Å². The van der Waals surface area contributed by atoms with Crippen molar-refractivity contribution >= 4 is 55.4 Å². The van der Waals surface area contributed by atoms with Gasteiger partial charge in [-0.1, -0.05) is 0 Å². The van der Waals surface area contributed by atoms with Crippen LogP contribution in [0.2, 0.25) is 0 Å². The summed E-state index contributed by atoms with van der Waals surface area (Å²) in [5.41, 5.74) is 1.36. The van der Waals surface area contributed by atoms with E-state index in [9.17, 15) is 33.7 Å². The largest absolute Gasteiger partial charge is 0.388 e. The van der Waals surface area contributed by atoms with Crippen molar-refractivity contribution in [1.29, 1.82) is 0 Å². The van der Waals surface area contributed by atoms with Crippen molar-refractivity contribution in [3.63, 3.8) is 0 Å². The van der Waals surface area contributed by atoms with E-state index in [0.717, 1.165) is 0 Å². The van der Waals surface area contributed by atoms with E-state index in [2.05, 4.69) is 10.3 Å². The van der Waals surface area contributed by atoms with Gasteiger partial charge in [0, 0.05) is 27.1 Å². The highest BCUT2D eigenvalue weighted by Crippen LogP contribution is 2.46. The van der Waals surface area contributed by atoms with Crippen LogP contribution >= 0.6 is 0 Å². The third-order valence-electron chi connectivity index (χ3n) is 7.48. The van der Waals surface area contributed by atoms with Gasteiger partial charge in [0.25, 0.3) is 11.8 Å². The first kappa shape index (κ1) is 22.3. The molecule has 9 nitrogen and oxygen atoms in total. The summed E-state index contributed by atoms with van der Waals surface area (Å²) in [7, 11) is 0. The number of aromatic amines is 1. The van der Waals surface area contributed by atoms with Crippen LogP contribution in [0.25, 0.3) is 43.6 Å². The summed E-state index contributed by atoms with van der Waals surface area (Å²) >= 11 is 0. The monoisotopic (exact) mass is 507 g/mol. The molecule has 5 atom stereocenters. The molecule has 2 aromatic heterocycles. The normalized spacial score (nSPS) is 26.1. The molecule has 0 bridgehead atoms. The number of halogens is 2. The van der Waals surface area contributed by atoms with Crippen molar-refractivity contribution in [3.8, 4) is 0 Å². The Hall–Kier alpha value is -3.90. The fourth-order valence-corrected chi connectivity index (χ4v) is 5.83.